The van der Waals surface area contributed by atoms with Crippen molar-refractivity contribution in [1.82, 2.24) is 16.0 Å². The van der Waals surface area contributed by atoms with E-state index in [4.69, 9.17) is 0 Å². The summed E-state index contributed by atoms with van der Waals surface area (Å²) in [4.78, 5) is 0. The summed E-state index contributed by atoms with van der Waals surface area (Å²) in [5.41, 5.74) is 4.40. The zero-order valence-electron chi connectivity index (χ0n) is 22.8. The summed E-state index contributed by atoms with van der Waals surface area (Å²) >= 11 is 10.4. The molecule has 3 fully saturated rings. The minimum atomic E-state index is 0.724. The lowest BCUT2D eigenvalue weighted by Gasteiger charge is -2.22. The number of rotatable bonds is 3. The summed E-state index contributed by atoms with van der Waals surface area (Å²) in [7, 11) is 0. The smallest absolute Gasteiger partial charge is 0.0175 e. The number of halogens is 3. The maximum atomic E-state index is 3.45. The van der Waals surface area contributed by atoms with Gasteiger partial charge < -0.3 is 16.0 Å². The maximum absolute atomic E-state index is 3.45. The van der Waals surface area contributed by atoms with Crippen LogP contribution in [0, 0.1) is 0 Å². The Labute approximate surface area is 260 Å². The van der Waals surface area contributed by atoms with Gasteiger partial charge >= 0.3 is 0 Å². The molecule has 3 aromatic rings. The van der Waals surface area contributed by atoms with Crippen LogP contribution in [0.25, 0.3) is 0 Å². The largest absolute Gasteiger partial charge is 0.316 e. The summed E-state index contributed by atoms with van der Waals surface area (Å²) < 4.78 is 3.50. The Morgan fingerprint density at radius 1 is 0.410 bits per heavy atom. The highest BCUT2D eigenvalue weighted by Crippen LogP contribution is 2.26. The van der Waals surface area contributed by atoms with Gasteiger partial charge in [0.1, 0.15) is 0 Å². The number of benzene rings is 3. The first-order valence-corrected chi connectivity index (χ1v) is 16.8. The standard InChI is InChI=1S/3C11H14BrN/c3*12-11-5-3-9(4-6-11)10-2-1-7-13-8-10/h3*3-6,10,13H,1-2,7-8H2/t2*10-;/m10./s1. The Hall–Kier alpha value is -1.02. The molecule has 3 N–H and O–H groups in total. The molecule has 0 radical (unpaired) electrons. The second-order valence-electron chi connectivity index (χ2n) is 10.8. The molecule has 6 rings (SSSR count). The summed E-state index contributed by atoms with van der Waals surface area (Å²) in [6.45, 7) is 6.98. The van der Waals surface area contributed by atoms with Gasteiger partial charge in [-0.15, -0.1) is 0 Å². The van der Waals surface area contributed by atoms with Crippen molar-refractivity contribution < 1.29 is 0 Å². The Kier molecular flexibility index (Phi) is 13.5. The average molecular weight is 720 g/mol. The van der Waals surface area contributed by atoms with E-state index in [1.54, 1.807) is 0 Å². The molecule has 210 valence electrons. The van der Waals surface area contributed by atoms with Crippen molar-refractivity contribution in [3.63, 3.8) is 0 Å². The van der Waals surface area contributed by atoms with Crippen LogP contribution in [0.2, 0.25) is 0 Å². The lowest BCUT2D eigenvalue weighted by atomic mass is 9.92. The van der Waals surface area contributed by atoms with Gasteiger partial charge in [0.25, 0.3) is 0 Å². The van der Waals surface area contributed by atoms with Gasteiger partial charge in [0.15, 0.2) is 0 Å². The average Bonchev–Trinajstić information content (AvgIpc) is 3.00. The normalized spacial score (nSPS) is 23.0. The first-order chi connectivity index (χ1) is 19.1. The van der Waals surface area contributed by atoms with E-state index in [0.29, 0.717) is 0 Å². The van der Waals surface area contributed by atoms with E-state index in [-0.39, 0.29) is 0 Å². The van der Waals surface area contributed by atoms with Gasteiger partial charge in [0.2, 0.25) is 0 Å². The van der Waals surface area contributed by atoms with Crippen LogP contribution >= 0.6 is 47.8 Å². The molecule has 0 bridgehead atoms. The molecule has 3 aliphatic rings. The first-order valence-electron chi connectivity index (χ1n) is 14.5. The van der Waals surface area contributed by atoms with Gasteiger partial charge in [0, 0.05) is 33.1 Å². The van der Waals surface area contributed by atoms with Gasteiger partial charge in [-0.25, -0.2) is 0 Å². The molecular weight excluding hydrogens is 678 g/mol. The fourth-order valence-electron chi connectivity index (χ4n) is 5.61. The zero-order valence-corrected chi connectivity index (χ0v) is 27.5. The molecule has 0 aliphatic carbocycles. The number of piperidine rings is 3. The molecule has 3 atom stereocenters. The molecule has 0 spiro atoms. The number of hydrogen-bond acceptors (Lipinski definition) is 3. The second-order valence-corrected chi connectivity index (χ2v) is 13.5. The quantitative estimate of drug-likeness (QED) is 0.254. The van der Waals surface area contributed by atoms with Gasteiger partial charge in [-0.05, 0) is 129 Å². The number of hydrogen-bond donors (Lipinski definition) is 3. The monoisotopic (exact) mass is 717 g/mol. The summed E-state index contributed by atoms with van der Waals surface area (Å²) in [6.07, 6.45) is 7.90. The third-order valence-corrected chi connectivity index (χ3v) is 9.50. The van der Waals surface area contributed by atoms with E-state index >= 15 is 0 Å². The van der Waals surface area contributed by atoms with E-state index in [9.17, 15) is 0 Å². The first kappa shape index (κ1) is 30.9. The third kappa shape index (κ3) is 10.7. The molecule has 0 aromatic heterocycles. The lowest BCUT2D eigenvalue weighted by molar-refractivity contribution is 0.461. The highest BCUT2D eigenvalue weighted by molar-refractivity contribution is 9.11. The van der Waals surface area contributed by atoms with Crippen molar-refractivity contribution in [2.24, 2.45) is 0 Å². The highest BCUT2D eigenvalue weighted by Gasteiger charge is 2.16. The van der Waals surface area contributed by atoms with Gasteiger partial charge in [-0.3, -0.25) is 0 Å². The van der Waals surface area contributed by atoms with Crippen molar-refractivity contribution >= 4 is 47.8 Å². The van der Waals surface area contributed by atoms with Crippen LogP contribution in [-0.4, -0.2) is 39.3 Å². The van der Waals surface area contributed by atoms with Crippen LogP contribution in [0.3, 0.4) is 0 Å². The summed E-state index contributed by atoms with van der Waals surface area (Å²) in [5.74, 6) is 2.17. The second kappa shape index (κ2) is 17.1. The van der Waals surface area contributed by atoms with Crippen molar-refractivity contribution in [1.29, 1.82) is 0 Å². The van der Waals surface area contributed by atoms with Crippen molar-refractivity contribution in [3.05, 3.63) is 103 Å². The van der Waals surface area contributed by atoms with E-state index in [0.717, 1.165) is 37.4 Å². The Morgan fingerprint density at radius 3 is 0.872 bits per heavy atom. The topological polar surface area (TPSA) is 36.1 Å². The Morgan fingerprint density at radius 2 is 0.667 bits per heavy atom. The van der Waals surface area contributed by atoms with E-state index in [1.165, 1.54) is 88.3 Å². The minimum absolute atomic E-state index is 0.724. The molecule has 3 nitrogen and oxygen atoms in total. The van der Waals surface area contributed by atoms with Crippen molar-refractivity contribution in [2.45, 2.75) is 56.3 Å². The molecular formula is C33H42Br3N3. The Bertz CT molecular complexity index is 927. The van der Waals surface area contributed by atoms with Gasteiger partial charge in [-0.2, -0.15) is 0 Å². The van der Waals surface area contributed by atoms with Crippen LogP contribution in [0.15, 0.2) is 86.2 Å². The summed E-state index contributed by atoms with van der Waals surface area (Å²) in [6, 6.07) is 26.1. The van der Waals surface area contributed by atoms with E-state index < -0.39 is 0 Å². The van der Waals surface area contributed by atoms with Crippen LogP contribution in [-0.2, 0) is 0 Å². The molecule has 39 heavy (non-hydrogen) atoms. The lowest BCUT2D eigenvalue weighted by Crippen LogP contribution is -2.28. The van der Waals surface area contributed by atoms with Crippen LogP contribution in [0.4, 0.5) is 0 Å². The molecule has 0 saturated carbocycles. The van der Waals surface area contributed by atoms with Crippen molar-refractivity contribution in [2.75, 3.05) is 39.3 Å². The molecule has 3 saturated heterocycles. The zero-order chi connectivity index (χ0) is 27.3. The molecule has 3 aliphatic heterocycles. The molecule has 0 amide bonds. The maximum Gasteiger partial charge on any atom is 0.0175 e. The van der Waals surface area contributed by atoms with Gasteiger partial charge in [-0.1, -0.05) is 84.2 Å². The molecule has 3 heterocycles. The SMILES string of the molecule is Brc1ccc(C2CCCNC2)cc1.Brc1ccc([C@@H]2CCCNC2)cc1.Brc1ccc([C@H]2CCCNC2)cc1. The summed E-state index contributed by atoms with van der Waals surface area (Å²) in [5, 5.41) is 10.3. The van der Waals surface area contributed by atoms with Gasteiger partial charge in [0.05, 0.1) is 0 Å². The van der Waals surface area contributed by atoms with Crippen LogP contribution in [0.5, 0.6) is 0 Å². The number of nitrogens with one attached hydrogen (secondary N) is 3. The van der Waals surface area contributed by atoms with Crippen LogP contribution in [0.1, 0.15) is 73.0 Å². The minimum Gasteiger partial charge on any atom is -0.316 e. The van der Waals surface area contributed by atoms with Crippen molar-refractivity contribution in [3.8, 4) is 0 Å². The Balaban J connectivity index is 0.000000136. The fourth-order valence-corrected chi connectivity index (χ4v) is 6.41. The predicted octanol–water partition coefficient (Wildman–Crippen LogP) is 8.75. The third-order valence-electron chi connectivity index (χ3n) is 7.91. The molecule has 6 heteroatoms. The van der Waals surface area contributed by atoms with E-state index in [1.807, 2.05) is 0 Å². The van der Waals surface area contributed by atoms with Crippen LogP contribution < -0.4 is 16.0 Å². The molecule has 1 unspecified atom stereocenters. The predicted molar refractivity (Wildman–Crippen MR) is 177 cm³/mol. The fraction of sp³-hybridized carbons (Fsp3) is 0.455. The molecule has 3 aromatic carbocycles. The highest BCUT2D eigenvalue weighted by atomic mass is 79.9. The van der Waals surface area contributed by atoms with E-state index in [2.05, 4.69) is 137 Å².